The van der Waals surface area contributed by atoms with Crippen molar-refractivity contribution >= 4 is 11.4 Å². The molecule has 0 aliphatic rings. The lowest BCUT2D eigenvalue weighted by Crippen LogP contribution is -2.29. The lowest BCUT2D eigenvalue weighted by molar-refractivity contribution is -0.384. The minimum Gasteiger partial charge on any atom is -0.380 e. The van der Waals surface area contributed by atoms with Gasteiger partial charge in [-0.2, -0.15) is 0 Å². The number of nitrogens with zero attached hydrogens (tertiary/aromatic N) is 2. The van der Waals surface area contributed by atoms with Crippen LogP contribution in [0.15, 0.2) is 18.2 Å². The molecule has 0 bridgehead atoms. The summed E-state index contributed by atoms with van der Waals surface area (Å²) in [6, 6.07) is 5.85. The number of hydrogen-bond donors (Lipinski definition) is 1. The molecule has 1 N–H and O–H groups in total. The molecular formula is C14H23N3O2. The molecule has 0 aliphatic carbocycles. The Morgan fingerprint density at radius 1 is 1.37 bits per heavy atom. The first kappa shape index (κ1) is 15.4. The minimum absolute atomic E-state index is 0.152. The SMILES string of the molecule is CCNc1ccc(CN(CC)C(C)C)cc1[N+](=O)[O-]. The molecule has 19 heavy (non-hydrogen) atoms. The minimum atomic E-state index is -0.326. The third-order valence-corrected chi connectivity index (χ3v) is 3.15. The highest BCUT2D eigenvalue weighted by Gasteiger charge is 2.15. The number of nitrogens with one attached hydrogen (secondary N) is 1. The van der Waals surface area contributed by atoms with Crippen LogP contribution in [-0.4, -0.2) is 29.0 Å². The molecule has 5 nitrogen and oxygen atoms in total. The first-order valence-electron chi connectivity index (χ1n) is 6.74. The van der Waals surface area contributed by atoms with Gasteiger partial charge in [0.25, 0.3) is 5.69 Å². The first-order valence-corrected chi connectivity index (χ1v) is 6.74. The standard InChI is InChI=1S/C14H23N3O2/c1-5-15-13-8-7-12(9-14(13)17(18)19)10-16(6-2)11(3)4/h7-9,11,15H,5-6,10H2,1-4H3. The Hall–Kier alpha value is -1.62. The van der Waals surface area contributed by atoms with Gasteiger partial charge in [0.15, 0.2) is 0 Å². The number of anilines is 1. The maximum atomic E-state index is 11.1. The van der Waals surface area contributed by atoms with Gasteiger partial charge < -0.3 is 5.32 Å². The average Bonchev–Trinajstić information content (AvgIpc) is 2.37. The number of benzene rings is 1. The van der Waals surface area contributed by atoms with E-state index in [0.29, 0.717) is 18.3 Å². The fraction of sp³-hybridized carbons (Fsp3) is 0.571. The normalized spacial score (nSPS) is 11.1. The third kappa shape index (κ3) is 4.21. The van der Waals surface area contributed by atoms with Crippen molar-refractivity contribution < 1.29 is 4.92 Å². The van der Waals surface area contributed by atoms with Gasteiger partial charge in [0.1, 0.15) is 5.69 Å². The van der Waals surface area contributed by atoms with E-state index in [1.807, 2.05) is 13.0 Å². The van der Waals surface area contributed by atoms with E-state index in [2.05, 4.69) is 31.0 Å². The molecule has 1 aromatic carbocycles. The van der Waals surface area contributed by atoms with E-state index >= 15 is 0 Å². The lowest BCUT2D eigenvalue weighted by Gasteiger charge is -2.24. The maximum Gasteiger partial charge on any atom is 0.292 e. The smallest absolute Gasteiger partial charge is 0.292 e. The van der Waals surface area contributed by atoms with Gasteiger partial charge in [-0.15, -0.1) is 0 Å². The molecule has 1 aromatic rings. The molecule has 0 aromatic heterocycles. The largest absolute Gasteiger partial charge is 0.380 e. The Morgan fingerprint density at radius 2 is 2.05 bits per heavy atom. The fourth-order valence-corrected chi connectivity index (χ4v) is 2.06. The van der Waals surface area contributed by atoms with Crippen molar-refractivity contribution in [3.63, 3.8) is 0 Å². The third-order valence-electron chi connectivity index (χ3n) is 3.15. The van der Waals surface area contributed by atoms with Crippen molar-refractivity contribution in [2.24, 2.45) is 0 Å². The second kappa shape index (κ2) is 7.09. The number of hydrogen-bond acceptors (Lipinski definition) is 4. The number of rotatable bonds is 7. The van der Waals surface area contributed by atoms with E-state index in [9.17, 15) is 10.1 Å². The van der Waals surface area contributed by atoms with Gasteiger partial charge in [0.05, 0.1) is 4.92 Å². The van der Waals surface area contributed by atoms with Crippen LogP contribution in [0.4, 0.5) is 11.4 Å². The van der Waals surface area contributed by atoms with Crippen molar-refractivity contribution in [2.45, 2.75) is 40.3 Å². The van der Waals surface area contributed by atoms with Crippen molar-refractivity contribution in [3.05, 3.63) is 33.9 Å². The summed E-state index contributed by atoms with van der Waals surface area (Å²) in [6.07, 6.45) is 0. The highest BCUT2D eigenvalue weighted by atomic mass is 16.6. The van der Waals surface area contributed by atoms with Crippen molar-refractivity contribution in [1.82, 2.24) is 4.90 Å². The van der Waals surface area contributed by atoms with E-state index in [4.69, 9.17) is 0 Å². The number of nitro benzene ring substituents is 1. The van der Waals surface area contributed by atoms with Gasteiger partial charge in [0, 0.05) is 25.2 Å². The molecule has 0 spiro atoms. The summed E-state index contributed by atoms with van der Waals surface area (Å²) >= 11 is 0. The predicted octanol–water partition coefficient (Wildman–Crippen LogP) is 3.26. The van der Waals surface area contributed by atoms with Gasteiger partial charge in [-0.3, -0.25) is 15.0 Å². The Labute approximate surface area is 114 Å². The summed E-state index contributed by atoms with van der Waals surface area (Å²) < 4.78 is 0. The zero-order valence-corrected chi connectivity index (χ0v) is 12.1. The van der Waals surface area contributed by atoms with Crippen LogP contribution in [0, 0.1) is 10.1 Å². The quantitative estimate of drug-likeness (QED) is 0.607. The molecule has 1 rings (SSSR count). The molecule has 0 amide bonds. The average molecular weight is 265 g/mol. The van der Waals surface area contributed by atoms with Gasteiger partial charge >= 0.3 is 0 Å². The zero-order valence-electron chi connectivity index (χ0n) is 12.1. The van der Waals surface area contributed by atoms with E-state index < -0.39 is 0 Å². The Kier molecular flexibility index (Phi) is 5.76. The zero-order chi connectivity index (χ0) is 14.4. The Balaban J connectivity index is 2.98. The molecular weight excluding hydrogens is 242 g/mol. The monoisotopic (exact) mass is 265 g/mol. The van der Waals surface area contributed by atoms with Crippen LogP contribution in [0.3, 0.4) is 0 Å². The summed E-state index contributed by atoms with van der Waals surface area (Å²) in [4.78, 5) is 13.0. The fourth-order valence-electron chi connectivity index (χ4n) is 2.06. The van der Waals surface area contributed by atoms with Crippen molar-refractivity contribution in [2.75, 3.05) is 18.4 Å². The molecule has 0 saturated heterocycles. The summed E-state index contributed by atoms with van der Waals surface area (Å²) in [5.74, 6) is 0. The summed E-state index contributed by atoms with van der Waals surface area (Å²) in [7, 11) is 0. The molecule has 0 unspecified atom stereocenters. The lowest BCUT2D eigenvalue weighted by atomic mass is 10.1. The molecule has 0 aliphatic heterocycles. The molecule has 0 fully saturated rings. The van der Waals surface area contributed by atoms with Crippen molar-refractivity contribution in [1.29, 1.82) is 0 Å². The van der Waals surface area contributed by atoms with E-state index in [0.717, 1.165) is 18.7 Å². The molecule has 0 heterocycles. The van der Waals surface area contributed by atoms with Crippen LogP contribution >= 0.6 is 0 Å². The topological polar surface area (TPSA) is 58.4 Å². The first-order chi connectivity index (χ1) is 8.99. The van der Waals surface area contributed by atoms with E-state index in [-0.39, 0.29) is 10.6 Å². The Bertz CT molecular complexity index is 433. The van der Waals surface area contributed by atoms with Gasteiger partial charge in [-0.05, 0) is 38.9 Å². The molecule has 0 saturated carbocycles. The summed E-state index contributed by atoms with van der Waals surface area (Å²) in [5, 5.41) is 14.1. The number of nitro groups is 1. The van der Waals surface area contributed by atoms with E-state index in [1.165, 1.54) is 0 Å². The van der Waals surface area contributed by atoms with Crippen LogP contribution in [0.5, 0.6) is 0 Å². The maximum absolute atomic E-state index is 11.1. The van der Waals surface area contributed by atoms with Gasteiger partial charge in [-0.25, -0.2) is 0 Å². The van der Waals surface area contributed by atoms with Crippen LogP contribution < -0.4 is 5.32 Å². The predicted molar refractivity (Wildman–Crippen MR) is 78.5 cm³/mol. The second-order valence-corrected chi connectivity index (χ2v) is 4.80. The van der Waals surface area contributed by atoms with Crippen LogP contribution in [-0.2, 0) is 6.54 Å². The van der Waals surface area contributed by atoms with Gasteiger partial charge in [0.2, 0.25) is 0 Å². The van der Waals surface area contributed by atoms with Crippen LogP contribution in [0.2, 0.25) is 0 Å². The second-order valence-electron chi connectivity index (χ2n) is 4.80. The highest BCUT2D eigenvalue weighted by molar-refractivity contribution is 5.62. The molecule has 5 heteroatoms. The van der Waals surface area contributed by atoms with Crippen molar-refractivity contribution in [3.8, 4) is 0 Å². The molecule has 0 radical (unpaired) electrons. The van der Waals surface area contributed by atoms with E-state index in [1.54, 1.807) is 12.1 Å². The van der Waals surface area contributed by atoms with Crippen LogP contribution in [0.25, 0.3) is 0 Å². The molecule has 0 atom stereocenters. The summed E-state index contributed by atoms with van der Waals surface area (Å²) in [6.45, 7) is 10.6. The Morgan fingerprint density at radius 3 is 2.53 bits per heavy atom. The highest BCUT2D eigenvalue weighted by Crippen LogP contribution is 2.26. The molecule has 106 valence electrons. The van der Waals surface area contributed by atoms with Crippen LogP contribution in [0.1, 0.15) is 33.3 Å². The van der Waals surface area contributed by atoms with Gasteiger partial charge in [-0.1, -0.05) is 13.0 Å². The summed E-state index contributed by atoms with van der Waals surface area (Å²) in [5.41, 5.74) is 1.71.